The van der Waals surface area contributed by atoms with E-state index < -0.39 is 0 Å². The van der Waals surface area contributed by atoms with E-state index in [9.17, 15) is 14.7 Å². The number of hydrogen-bond donors (Lipinski definition) is 1. The van der Waals surface area contributed by atoms with Crippen molar-refractivity contribution in [1.82, 2.24) is 9.88 Å². The van der Waals surface area contributed by atoms with E-state index in [4.69, 9.17) is 16.3 Å². The Labute approximate surface area is 187 Å². The molecule has 3 saturated heterocycles. The highest BCUT2D eigenvalue weighted by Crippen LogP contribution is 2.44. The number of ether oxygens (including phenoxy) is 1. The van der Waals surface area contributed by atoms with Crippen LogP contribution in [0.1, 0.15) is 44.9 Å². The van der Waals surface area contributed by atoms with Crippen LogP contribution >= 0.6 is 11.6 Å². The lowest BCUT2D eigenvalue weighted by atomic mass is 9.78. The molecule has 1 atom stereocenters. The summed E-state index contributed by atoms with van der Waals surface area (Å²) in [5.74, 6) is 0.926. The highest BCUT2D eigenvalue weighted by molar-refractivity contribution is 6.33. The maximum Gasteiger partial charge on any atom is 0.414 e. The predicted molar refractivity (Wildman–Crippen MR) is 116 cm³/mol. The fraction of sp³-hybridized carbons (Fsp3) is 0.682. The monoisotopic (exact) mass is 448 g/mol. The lowest BCUT2D eigenvalue weighted by Crippen LogP contribution is -2.50. The first-order chi connectivity index (χ1) is 15.0. The van der Waals surface area contributed by atoms with Gasteiger partial charge in [-0.05, 0) is 51.0 Å². The minimum absolute atomic E-state index is 0.216. The molecule has 2 amide bonds. The standard InChI is InChI=1S/C22H29ClN4O4/c23-18-12-16(27-10-11-31-21(27)30)13-24-19(18)25-8-1-6-22(14-25)7-9-26(20(22)29)15-2-4-17(28)5-3-15/h12-13,15,17,28H,1-11,14H2/t15?,17?,22-/m1/s1. The van der Waals surface area contributed by atoms with Gasteiger partial charge in [0.15, 0.2) is 0 Å². The molecule has 0 radical (unpaired) electrons. The number of cyclic esters (lactones) is 1. The lowest BCUT2D eigenvalue weighted by Gasteiger charge is -2.41. The first-order valence-corrected chi connectivity index (χ1v) is 11.7. The molecular weight excluding hydrogens is 420 g/mol. The van der Waals surface area contributed by atoms with Gasteiger partial charge in [0.25, 0.3) is 0 Å². The van der Waals surface area contributed by atoms with Gasteiger partial charge in [0.05, 0.1) is 35.0 Å². The van der Waals surface area contributed by atoms with Gasteiger partial charge in [-0.15, -0.1) is 0 Å². The number of nitrogens with zero attached hydrogens (tertiary/aromatic N) is 4. The van der Waals surface area contributed by atoms with Crippen molar-refractivity contribution in [2.45, 2.75) is 57.1 Å². The van der Waals surface area contributed by atoms with E-state index in [2.05, 4.69) is 14.8 Å². The van der Waals surface area contributed by atoms with Crippen molar-refractivity contribution in [3.63, 3.8) is 0 Å². The van der Waals surface area contributed by atoms with Crippen molar-refractivity contribution < 1.29 is 19.4 Å². The van der Waals surface area contributed by atoms with E-state index >= 15 is 0 Å². The zero-order chi connectivity index (χ0) is 21.6. The molecule has 1 aliphatic carbocycles. The molecule has 5 rings (SSSR count). The lowest BCUT2D eigenvalue weighted by molar-refractivity contribution is -0.139. The topological polar surface area (TPSA) is 86.2 Å². The molecular formula is C22H29ClN4O4. The van der Waals surface area contributed by atoms with Gasteiger partial charge in [-0.2, -0.15) is 0 Å². The normalized spacial score (nSPS) is 31.6. The van der Waals surface area contributed by atoms with Crippen molar-refractivity contribution in [3.05, 3.63) is 17.3 Å². The molecule has 1 N–H and O–H groups in total. The summed E-state index contributed by atoms with van der Waals surface area (Å²) in [6, 6.07) is 2.01. The van der Waals surface area contributed by atoms with Crippen LogP contribution in [0.25, 0.3) is 0 Å². The number of aliphatic hydroxyl groups is 1. The van der Waals surface area contributed by atoms with Crippen LogP contribution in [0.5, 0.6) is 0 Å². The molecule has 9 heteroatoms. The van der Waals surface area contributed by atoms with Crippen molar-refractivity contribution in [2.24, 2.45) is 5.41 Å². The van der Waals surface area contributed by atoms with Gasteiger partial charge in [0, 0.05) is 25.7 Å². The van der Waals surface area contributed by atoms with Crippen molar-refractivity contribution in [2.75, 3.05) is 42.6 Å². The van der Waals surface area contributed by atoms with Gasteiger partial charge < -0.3 is 19.6 Å². The summed E-state index contributed by atoms with van der Waals surface area (Å²) in [4.78, 5) is 35.6. The maximum absolute atomic E-state index is 13.5. The second-order valence-electron chi connectivity index (χ2n) is 9.28. The van der Waals surface area contributed by atoms with Crippen LogP contribution in [0.2, 0.25) is 5.02 Å². The number of carbonyl (C=O) groups excluding carboxylic acids is 2. The number of amides is 2. The number of carbonyl (C=O) groups is 2. The SMILES string of the molecule is O=C1OCCN1c1cnc(N2CCC[C@@]3(CCN(C4CCC(O)CC4)C3=O)C2)c(Cl)c1. The van der Waals surface area contributed by atoms with Crippen LogP contribution in [-0.2, 0) is 9.53 Å². The van der Waals surface area contributed by atoms with E-state index in [1.807, 2.05) is 0 Å². The first kappa shape index (κ1) is 20.8. The summed E-state index contributed by atoms with van der Waals surface area (Å²) in [5, 5.41) is 10.3. The number of hydrogen-bond acceptors (Lipinski definition) is 6. The van der Waals surface area contributed by atoms with Crippen LogP contribution in [0.15, 0.2) is 12.3 Å². The van der Waals surface area contributed by atoms with Crippen LogP contribution in [0, 0.1) is 5.41 Å². The molecule has 3 aliphatic heterocycles. The molecule has 0 bridgehead atoms. The summed E-state index contributed by atoms with van der Waals surface area (Å²) < 4.78 is 5.00. The Balaban J connectivity index is 1.31. The minimum atomic E-state index is -0.380. The molecule has 1 spiro atoms. The Hall–Kier alpha value is -2.06. The van der Waals surface area contributed by atoms with Gasteiger partial charge >= 0.3 is 6.09 Å². The third-order valence-corrected chi connectivity index (χ3v) is 7.69. The second-order valence-corrected chi connectivity index (χ2v) is 9.69. The Bertz CT molecular complexity index is 875. The molecule has 4 aliphatic rings. The zero-order valence-corrected chi connectivity index (χ0v) is 18.4. The van der Waals surface area contributed by atoms with Gasteiger partial charge in [0.1, 0.15) is 12.4 Å². The van der Waals surface area contributed by atoms with E-state index in [1.54, 1.807) is 12.3 Å². The average Bonchev–Trinajstić information content (AvgIpc) is 3.33. The molecule has 168 valence electrons. The minimum Gasteiger partial charge on any atom is -0.447 e. The summed E-state index contributed by atoms with van der Waals surface area (Å²) in [7, 11) is 0. The molecule has 0 aromatic carbocycles. The van der Waals surface area contributed by atoms with E-state index in [-0.39, 0.29) is 29.6 Å². The predicted octanol–water partition coefficient (Wildman–Crippen LogP) is 2.81. The zero-order valence-electron chi connectivity index (χ0n) is 17.6. The second kappa shape index (κ2) is 8.13. The molecule has 1 aromatic rings. The fourth-order valence-electron chi connectivity index (χ4n) is 5.69. The van der Waals surface area contributed by atoms with Gasteiger partial charge in [-0.1, -0.05) is 11.6 Å². The number of pyridine rings is 1. The van der Waals surface area contributed by atoms with Crippen LogP contribution in [0.4, 0.5) is 16.3 Å². The number of anilines is 2. The number of halogens is 1. The Morgan fingerprint density at radius 3 is 2.65 bits per heavy atom. The number of aromatic nitrogens is 1. The molecule has 4 heterocycles. The maximum atomic E-state index is 13.5. The molecule has 8 nitrogen and oxygen atoms in total. The highest BCUT2D eigenvalue weighted by atomic mass is 35.5. The molecule has 1 saturated carbocycles. The smallest absolute Gasteiger partial charge is 0.414 e. The Morgan fingerprint density at radius 2 is 1.94 bits per heavy atom. The van der Waals surface area contributed by atoms with Gasteiger partial charge in [-0.25, -0.2) is 9.78 Å². The number of likely N-dealkylation sites (tertiary alicyclic amines) is 1. The average molecular weight is 449 g/mol. The Morgan fingerprint density at radius 1 is 1.13 bits per heavy atom. The van der Waals surface area contributed by atoms with E-state index in [0.29, 0.717) is 36.2 Å². The molecule has 4 fully saturated rings. The van der Waals surface area contributed by atoms with Crippen LogP contribution in [0.3, 0.4) is 0 Å². The molecule has 1 aromatic heterocycles. The molecule has 31 heavy (non-hydrogen) atoms. The number of piperidine rings is 1. The summed E-state index contributed by atoms with van der Waals surface area (Å²) >= 11 is 6.58. The number of aliphatic hydroxyl groups excluding tert-OH is 1. The van der Waals surface area contributed by atoms with Crippen molar-refractivity contribution in [3.8, 4) is 0 Å². The third kappa shape index (κ3) is 3.74. The Kier molecular flexibility index (Phi) is 5.46. The van der Waals surface area contributed by atoms with E-state index in [1.165, 1.54) is 4.90 Å². The fourth-order valence-corrected chi connectivity index (χ4v) is 5.97. The van der Waals surface area contributed by atoms with Crippen LogP contribution in [-0.4, -0.2) is 71.9 Å². The van der Waals surface area contributed by atoms with Crippen molar-refractivity contribution in [1.29, 1.82) is 0 Å². The largest absolute Gasteiger partial charge is 0.447 e. The third-order valence-electron chi connectivity index (χ3n) is 7.41. The summed E-state index contributed by atoms with van der Waals surface area (Å²) in [6.45, 7) is 3.08. The highest BCUT2D eigenvalue weighted by Gasteiger charge is 2.51. The van der Waals surface area contributed by atoms with Gasteiger partial charge in [-0.3, -0.25) is 9.69 Å². The van der Waals surface area contributed by atoms with Crippen LogP contribution < -0.4 is 9.80 Å². The van der Waals surface area contributed by atoms with Gasteiger partial charge in [0.2, 0.25) is 5.91 Å². The quantitative estimate of drug-likeness (QED) is 0.765. The van der Waals surface area contributed by atoms with Crippen molar-refractivity contribution >= 4 is 35.1 Å². The van der Waals surface area contributed by atoms with E-state index in [0.717, 1.165) is 58.0 Å². The number of rotatable bonds is 3. The molecule has 0 unspecified atom stereocenters. The summed E-state index contributed by atoms with van der Waals surface area (Å²) in [5.41, 5.74) is 0.252. The first-order valence-electron chi connectivity index (χ1n) is 11.3. The summed E-state index contributed by atoms with van der Waals surface area (Å²) in [6.07, 6.45) is 7.07.